The molecule has 0 aliphatic heterocycles. The van der Waals surface area contributed by atoms with Crippen molar-refractivity contribution in [3.8, 4) is 0 Å². The predicted octanol–water partition coefficient (Wildman–Crippen LogP) is 14.0. The van der Waals surface area contributed by atoms with E-state index in [-0.39, 0.29) is 32.2 Å². The lowest BCUT2D eigenvalue weighted by atomic mass is 10.0. The molecule has 0 fully saturated rings. The summed E-state index contributed by atoms with van der Waals surface area (Å²) in [5, 5.41) is 9.59. The number of carboxylic acid groups (broad SMARTS) is 1. The summed E-state index contributed by atoms with van der Waals surface area (Å²) in [4.78, 5) is 36.8. The fourth-order valence-corrected chi connectivity index (χ4v) is 7.22. The van der Waals surface area contributed by atoms with E-state index in [4.69, 9.17) is 18.9 Å². The zero-order chi connectivity index (χ0) is 44.9. The zero-order valence-electron chi connectivity index (χ0n) is 40.6. The molecular weight excluding hydrogens is 767 g/mol. The zero-order valence-corrected chi connectivity index (χ0v) is 40.6. The summed E-state index contributed by atoms with van der Waals surface area (Å²) in [5.41, 5.74) is 0. The molecule has 0 saturated carbocycles. The molecule has 0 heterocycles. The van der Waals surface area contributed by atoms with Crippen molar-refractivity contribution in [2.24, 2.45) is 0 Å². The van der Waals surface area contributed by atoms with E-state index >= 15 is 0 Å². The van der Waals surface area contributed by atoms with Crippen LogP contribution >= 0.6 is 0 Å². The maximum atomic E-state index is 12.7. The van der Waals surface area contributed by atoms with E-state index in [9.17, 15) is 19.5 Å². The van der Waals surface area contributed by atoms with Crippen LogP contribution in [-0.2, 0) is 33.3 Å². The third kappa shape index (κ3) is 45.6. The molecule has 1 N–H and O–H groups in total. The fourth-order valence-electron chi connectivity index (χ4n) is 7.22. The van der Waals surface area contributed by atoms with Crippen molar-refractivity contribution < 1.29 is 42.9 Å². The highest BCUT2D eigenvalue weighted by molar-refractivity contribution is 5.71. The minimum atomic E-state index is -1.50. The monoisotopic (exact) mass is 865 g/mol. The molecular formula is C52H98NO8+. The second kappa shape index (κ2) is 44.4. The smallest absolute Gasteiger partial charge is 0.361 e. The first-order valence-corrected chi connectivity index (χ1v) is 25.5. The fraction of sp³-hybridized carbons (Fsp3) is 0.865. The highest BCUT2D eigenvalue weighted by atomic mass is 16.7. The van der Waals surface area contributed by atoms with Crippen LogP contribution in [0.25, 0.3) is 0 Å². The van der Waals surface area contributed by atoms with Crippen molar-refractivity contribution in [2.75, 3.05) is 47.5 Å². The normalized spacial score (nSPS) is 13.0. The molecule has 2 unspecified atom stereocenters. The second-order valence-corrected chi connectivity index (χ2v) is 18.5. The molecule has 0 aromatic rings. The number of carbonyl (C=O) groups excluding carboxylic acids is 2. The molecule has 9 nitrogen and oxygen atoms in total. The Morgan fingerprint density at radius 2 is 0.885 bits per heavy atom. The molecule has 358 valence electrons. The van der Waals surface area contributed by atoms with Crippen LogP contribution in [0.4, 0.5) is 0 Å². The van der Waals surface area contributed by atoms with Gasteiger partial charge in [0.25, 0.3) is 6.29 Å². The van der Waals surface area contributed by atoms with E-state index in [1.54, 1.807) is 0 Å². The van der Waals surface area contributed by atoms with Crippen LogP contribution in [0.1, 0.15) is 232 Å². The Morgan fingerprint density at radius 3 is 1.30 bits per heavy atom. The first kappa shape index (κ1) is 58.8. The summed E-state index contributed by atoms with van der Waals surface area (Å²) in [7, 11) is 5.95. The number of rotatable bonds is 47. The minimum absolute atomic E-state index is 0.179. The Bertz CT molecular complexity index is 1050. The van der Waals surface area contributed by atoms with Crippen molar-refractivity contribution in [3.05, 3.63) is 24.3 Å². The Labute approximate surface area is 376 Å². The summed E-state index contributed by atoms with van der Waals surface area (Å²) in [6.07, 6.45) is 47.4. The van der Waals surface area contributed by atoms with E-state index in [2.05, 4.69) is 38.2 Å². The van der Waals surface area contributed by atoms with Gasteiger partial charge in [-0.25, -0.2) is 4.79 Å². The summed E-state index contributed by atoms with van der Waals surface area (Å²) in [6, 6.07) is 0. The largest absolute Gasteiger partial charge is 0.477 e. The number of unbranched alkanes of at least 4 members (excludes halogenated alkanes) is 28. The SMILES string of the molecule is CCCCCCC/C=C\C/C=C\CCCCCCCCCCCCCCCCCCCCCC(=O)OC(COC(=O)CCCCCCC)COC(OCC[N+](C)(C)C)C(=O)O. The lowest BCUT2D eigenvalue weighted by Crippen LogP contribution is -2.40. The molecule has 0 rings (SSSR count). The van der Waals surface area contributed by atoms with Gasteiger partial charge in [0.15, 0.2) is 6.10 Å². The summed E-state index contributed by atoms with van der Waals surface area (Å²) in [5.74, 6) is -2.01. The Morgan fingerprint density at radius 1 is 0.492 bits per heavy atom. The van der Waals surface area contributed by atoms with Gasteiger partial charge in [0, 0.05) is 12.8 Å². The van der Waals surface area contributed by atoms with E-state index in [0.29, 0.717) is 17.4 Å². The lowest BCUT2D eigenvalue weighted by Gasteiger charge is -2.25. The van der Waals surface area contributed by atoms with Crippen LogP contribution < -0.4 is 0 Å². The molecule has 9 heteroatoms. The standard InChI is InChI=1S/C52H97NO8/c1-6-8-10-12-13-14-15-16-17-18-19-20-21-22-23-24-25-26-27-28-29-30-31-32-33-34-35-36-37-39-41-43-50(55)61-48(46-59-49(54)42-40-38-11-9-7-2)47-60-52(51(56)57)58-45-44-53(3,4)5/h15-16,18-19,48,52H,6-14,17,20-47H2,1-5H3/p+1/b16-15-,19-18-. The van der Waals surface area contributed by atoms with E-state index < -0.39 is 24.3 Å². The number of ether oxygens (including phenoxy) is 4. The number of aliphatic carboxylic acids is 1. The molecule has 2 atom stereocenters. The molecule has 61 heavy (non-hydrogen) atoms. The van der Waals surface area contributed by atoms with Gasteiger partial charge in [0.05, 0.1) is 34.4 Å². The predicted molar refractivity (Wildman–Crippen MR) is 254 cm³/mol. The Balaban J connectivity index is 3.93. The quantitative estimate of drug-likeness (QED) is 0.0212. The maximum absolute atomic E-state index is 12.7. The first-order valence-electron chi connectivity index (χ1n) is 25.5. The van der Waals surface area contributed by atoms with Crippen LogP contribution in [0, 0.1) is 0 Å². The van der Waals surface area contributed by atoms with Gasteiger partial charge in [-0.15, -0.1) is 0 Å². The van der Waals surface area contributed by atoms with Crippen molar-refractivity contribution in [1.82, 2.24) is 0 Å². The van der Waals surface area contributed by atoms with E-state index in [1.165, 1.54) is 148 Å². The number of carboxylic acids is 1. The topological polar surface area (TPSA) is 108 Å². The van der Waals surface area contributed by atoms with Gasteiger partial charge in [-0.2, -0.15) is 0 Å². The summed E-state index contributed by atoms with van der Waals surface area (Å²) in [6.45, 7) is 4.78. The summed E-state index contributed by atoms with van der Waals surface area (Å²) >= 11 is 0. The molecule has 0 aliphatic carbocycles. The molecule has 0 amide bonds. The first-order chi connectivity index (χ1) is 29.6. The number of carbonyl (C=O) groups is 3. The molecule has 0 aromatic heterocycles. The van der Waals surface area contributed by atoms with E-state index in [1.807, 2.05) is 21.1 Å². The van der Waals surface area contributed by atoms with Crippen molar-refractivity contribution in [2.45, 2.75) is 245 Å². The average Bonchev–Trinajstić information content (AvgIpc) is 3.22. The number of allylic oxidation sites excluding steroid dienone is 4. The van der Waals surface area contributed by atoms with Crippen LogP contribution in [0.5, 0.6) is 0 Å². The number of hydrogen-bond donors (Lipinski definition) is 1. The van der Waals surface area contributed by atoms with Gasteiger partial charge >= 0.3 is 17.9 Å². The van der Waals surface area contributed by atoms with Gasteiger partial charge in [0.2, 0.25) is 0 Å². The van der Waals surface area contributed by atoms with Gasteiger partial charge < -0.3 is 28.5 Å². The lowest BCUT2D eigenvalue weighted by molar-refractivity contribution is -0.870. The molecule has 0 aromatic carbocycles. The van der Waals surface area contributed by atoms with Crippen LogP contribution in [0.3, 0.4) is 0 Å². The highest BCUT2D eigenvalue weighted by Gasteiger charge is 2.25. The van der Waals surface area contributed by atoms with Gasteiger partial charge in [-0.3, -0.25) is 9.59 Å². The maximum Gasteiger partial charge on any atom is 0.361 e. The molecule has 0 radical (unpaired) electrons. The van der Waals surface area contributed by atoms with E-state index in [0.717, 1.165) is 57.8 Å². The summed E-state index contributed by atoms with van der Waals surface area (Å²) < 4.78 is 22.6. The van der Waals surface area contributed by atoms with Crippen molar-refractivity contribution in [1.29, 1.82) is 0 Å². The molecule has 0 spiro atoms. The molecule has 0 aliphatic rings. The second-order valence-electron chi connectivity index (χ2n) is 18.5. The van der Waals surface area contributed by atoms with Gasteiger partial charge in [0.1, 0.15) is 13.2 Å². The minimum Gasteiger partial charge on any atom is -0.477 e. The number of hydrogen-bond acceptors (Lipinski definition) is 7. The van der Waals surface area contributed by atoms with Crippen LogP contribution in [-0.4, -0.2) is 87.4 Å². The number of nitrogens with zero attached hydrogens (tertiary/aromatic N) is 1. The van der Waals surface area contributed by atoms with Gasteiger partial charge in [-0.1, -0.05) is 199 Å². The van der Waals surface area contributed by atoms with Crippen molar-refractivity contribution in [3.63, 3.8) is 0 Å². The molecule has 0 bridgehead atoms. The van der Waals surface area contributed by atoms with Crippen LogP contribution in [0.15, 0.2) is 24.3 Å². The highest BCUT2D eigenvalue weighted by Crippen LogP contribution is 2.16. The number of esters is 2. The Kier molecular flexibility index (Phi) is 42.8. The van der Waals surface area contributed by atoms with Crippen molar-refractivity contribution >= 4 is 17.9 Å². The number of quaternary nitrogens is 1. The Hall–Kier alpha value is -2.23. The third-order valence-corrected chi connectivity index (χ3v) is 11.2. The van der Waals surface area contributed by atoms with Crippen LogP contribution in [0.2, 0.25) is 0 Å². The van der Waals surface area contributed by atoms with Gasteiger partial charge in [-0.05, 0) is 44.9 Å². The third-order valence-electron chi connectivity index (χ3n) is 11.2. The average molecular weight is 865 g/mol. The molecule has 0 saturated heterocycles. The number of likely N-dealkylation sites (N-methyl/N-ethyl adjacent to an activating group) is 1.